The van der Waals surface area contributed by atoms with Crippen molar-refractivity contribution in [3.05, 3.63) is 16.8 Å². The first-order valence-corrected chi connectivity index (χ1v) is 3.38. The van der Waals surface area contributed by atoms with Crippen LogP contribution in [0, 0.1) is 6.92 Å². The third kappa shape index (κ3) is 1.49. The summed E-state index contributed by atoms with van der Waals surface area (Å²) in [4.78, 5) is 3.89. The molecule has 0 aliphatic heterocycles. The zero-order chi connectivity index (χ0) is 7.56. The van der Waals surface area contributed by atoms with Crippen molar-refractivity contribution in [1.82, 2.24) is 10.3 Å². The average Bonchev–Trinajstić information content (AvgIpc) is 2.13. The topological polar surface area (TPSA) is 38.1 Å². The minimum absolute atomic E-state index is 0.211. The highest BCUT2D eigenvalue weighted by Crippen LogP contribution is 2.13. The van der Waals surface area contributed by atoms with Gasteiger partial charge in [-0.2, -0.15) is 0 Å². The molecule has 4 heteroatoms. The van der Waals surface area contributed by atoms with Crippen molar-refractivity contribution in [2.24, 2.45) is 0 Å². The van der Waals surface area contributed by atoms with Crippen LogP contribution in [0.2, 0.25) is 5.35 Å². The molecule has 1 heterocycles. The molecule has 10 heavy (non-hydrogen) atoms. The van der Waals surface area contributed by atoms with E-state index in [-0.39, 0.29) is 5.35 Å². The second-order valence-corrected chi connectivity index (χ2v) is 2.33. The lowest BCUT2D eigenvalue weighted by Gasteiger charge is -1.92. The van der Waals surface area contributed by atoms with Crippen molar-refractivity contribution in [2.75, 3.05) is 7.05 Å². The van der Waals surface area contributed by atoms with Crippen molar-refractivity contribution in [3.8, 4) is 0 Å². The summed E-state index contributed by atoms with van der Waals surface area (Å²) in [6.07, 6.45) is 0. The van der Waals surface area contributed by atoms with Gasteiger partial charge in [0.1, 0.15) is 5.76 Å². The van der Waals surface area contributed by atoms with E-state index in [1.54, 1.807) is 0 Å². The first-order valence-electron chi connectivity index (χ1n) is 3.00. The number of hydrogen-bond acceptors (Lipinski definition) is 3. The van der Waals surface area contributed by atoms with Gasteiger partial charge in [0, 0.05) is 0 Å². The van der Waals surface area contributed by atoms with E-state index < -0.39 is 0 Å². The lowest BCUT2D eigenvalue weighted by Crippen LogP contribution is -2.04. The SMILES string of the molecule is CNCc1oc(Cl)nc1C. The van der Waals surface area contributed by atoms with Gasteiger partial charge in [-0.25, -0.2) is 4.98 Å². The van der Waals surface area contributed by atoms with E-state index in [0.29, 0.717) is 6.54 Å². The number of rotatable bonds is 2. The summed E-state index contributed by atoms with van der Waals surface area (Å²) in [5.74, 6) is 0.799. The van der Waals surface area contributed by atoms with E-state index in [1.165, 1.54) is 0 Å². The van der Waals surface area contributed by atoms with Crippen LogP contribution in [0.3, 0.4) is 0 Å². The third-order valence-electron chi connectivity index (χ3n) is 1.20. The van der Waals surface area contributed by atoms with Crippen LogP contribution in [0.25, 0.3) is 0 Å². The van der Waals surface area contributed by atoms with Crippen LogP contribution in [0.15, 0.2) is 4.42 Å². The Morgan fingerprint density at radius 3 is 2.80 bits per heavy atom. The van der Waals surface area contributed by atoms with Gasteiger partial charge in [0.2, 0.25) is 0 Å². The number of nitrogens with one attached hydrogen (secondary N) is 1. The van der Waals surface area contributed by atoms with Gasteiger partial charge in [0.25, 0.3) is 5.35 Å². The summed E-state index contributed by atoms with van der Waals surface area (Å²) >= 11 is 5.50. The van der Waals surface area contributed by atoms with Gasteiger partial charge in [-0.1, -0.05) is 0 Å². The molecule has 1 aromatic rings. The molecular formula is C6H9ClN2O. The normalized spacial score (nSPS) is 10.3. The van der Waals surface area contributed by atoms with Crippen molar-refractivity contribution >= 4 is 11.6 Å². The second kappa shape index (κ2) is 3.03. The Hall–Kier alpha value is -0.540. The summed E-state index contributed by atoms with van der Waals surface area (Å²) in [5, 5.41) is 3.16. The second-order valence-electron chi connectivity index (χ2n) is 2.01. The van der Waals surface area contributed by atoms with Crippen molar-refractivity contribution in [1.29, 1.82) is 0 Å². The molecule has 0 atom stereocenters. The minimum Gasteiger partial charge on any atom is -0.431 e. The van der Waals surface area contributed by atoms with E-state index in [0.717, 1.165) is 11.5 Å². The number of aryl methyl sites for hydroxylation is 1. The lowest BCUT2D eigenvalue weighted by molar-refractivity contribution is 0.490. The van der Waals surface area contributed by atoms with Gasteiger partial charge in [-0.3, -0.25) is 0 Å². The molecule has 0 unspecified atom stereocenters. The van der Waals surface area contributed by atoms with E-state index in [1.807, 2.05) is 14.0 Å². The van der Waals surface area contributed by atoms with Crippen LogP contribution in [0.5, 0.6) is 0 Å². The van der Waals surface area contributed by atoms with Crippen LogP contribution in [0.4, 0.5) is 0 Å². The zero-order valence-electron chi connectivity index (χ0n) is 5.94. The molecule has 0 aliphatic carbocycles. The van der Waals surface area contributed by atoms with Crippen LogP contribution in [-0.2, 0) is 6.54 Å². The van der Waals surface area contributed by atoms with Gasteiger partial charge in [-0.05, 0) is 25.6 Å². The van der Waals surface area contributed by atoms with Crippen LogP contribution < -0.4 is 5.32 Å². The van der Waals surface area contributed by atoms with E-state index >= 15 is 0 Å². The summed E-state index contributed by atoms with van der Waals surface area (Å²) in [7, 11) is 1.84. The Balaban J connectivity index is 2.81. The highest BCUT2D eigenvalue weighted by molar-refractivity contribution is 6.27. The smallest absolute Gasteiger partial charge is 0.292 e. The molecule has 3 nitrogen and oxygen atoms in total. The standard InChI is InChI=1S/C6H9ClN2O/c1-4-5(3-8-2)10-6(7)9-4/h8H,3H2,1-2H3. The number of oxazole rings is 1. The summed E-state index contributed by atoms with van der Waals surface area (Å²) in [5.41, 5.74) is 0.847. The first kappa shape index (κ1) is 7.57. The van der Waals surface area contributed by atoms with Gasteiger partial charge >= 0.3 is 0 Å². The molecule has 56 valence electrons. The van der Waals surface area contributed by atoms with Gasteiger partial charge in [0.15, 0.2) is 0 Å². The molecule has 0 aliphatic rings. The van der Waals surface area contributed by atoms with E-state index in [4.69, 9.17) is 16.0 Å². The van der Waals surface area contributed by atoms with Gasteiger partial charge < -0.3 is 9.73 Å². The van der Waals surface area contributed by atoms with Crippen molar-refractivity contribution < 1.29 is 4.42 Å². The van der Waals surface area contributed by atoms with Gasteiger partial charge in [-0.15, -0.1) is 0 Å². The highest BCUT2D eigenvalue weighted by Gasteiger charge is 2.04. The number of hydrogen-bond donors (Lipinski definition) is 1. The molecule has 0 amide bonds. The Morgan fingerprint density at radius 2 is 2.40 bits per heavy atom. The lowest BCUT2D eigenvalue weighted by atomic mass is 10.4. The molecule has 0 radical (unpaired) electrons. The van der Waals surface area contributed by atoms with Crippen LogP contribution in [0.1, 0.15) is 11.5 Å². The first-order chi connectivity index (χ1) is 4.74. The van der Waals surface area contributed by atoms with Crippen molar-refractivity contribution in [2.45, 2.75) is 13.5 Å². The molecule has 1 N–H and O–H groups in total. The fraction of sp³-hybridized carbons (Fsp3) is 0.500. The van der Waals surface area contributed by atoms with E-state index in [9.17, 15) is 0 Å². The molecule has 1 aromatic heterocycles. The Morgan fingerprint density at radius 1 is 1.70 bits per heavy atom. The highest BCUT2D eigenvalue weighted by atomic mass is 35.5. The summed E-state index contributed by atoms with van der Waals surface area (Å²) < 4.78 is 5.05. The Kier molecular flexibility index (Phi) is 2.29. The van der Waals surface area contributed by atoms with Crippen molar-refractivity contribution in [3.63, 3.8) is 0 Å². The average molecular weight is 161 g/mol. The van der Waals surface area contributed by atoms with E-state index in [2.05, 4.69) is 10.3 Å². The zero-order valence-corrected chi connectivity index (χ0v) is 6.70. The molecule has 0 aromatic carbocycles. The summed E-state index contributed by atoms with van der Waals surface area (Å²) in [6, 6.07) is 0. The maximum atomic E-state index is 5.50. The largest absolute Gasteiger partial charge is 0.431 e. The monoisotopic (exact) mass is 160 g/mol. The fourth-order valence-corrected chi connectivity index (χ4v) is 0.937. The molecule has 0 spiro atoms. The van der Waals surface area contributed by atoms with Crippen LogP contribution in [-0.4, -0.2) is 12.0 Å². The summed E-state index contributed by atoms with van der Waals surface area (Å²) in [6.45, 7) is 2.54. The molecule has 1 rings (SSSR count). The number of halogens is 1. The third-order valence-corrected chi connectivity index (χ3v) is 1.37. The minimum atomic E-state index is 0.211. The molecule has 0 bridgehead atoms. The fourth-order valence-electron chi connectivity index (χ4n) is 0.717. The molecule has 0 fully saturated rings. The Labute approximate surface area is 64.4 Å². The quantitative estimate of drug-likeness (QED) is 0.710. The van der Waals surface area contributed by atoms with Gasteiger partial charge in [0.05, 0.1) is 12.2 Å². The molecular weight excluding hydrogens is 152 g/mol. The molecule has 0 saturated carbocycles. The maximum absolute atomic E-state index is 5.50. The predicted octanol–water partition coefficient (Wildman–Crippen LogP) is 1.36. The maximum Gasteiger partial charge on any atom is 0.292 e. The number of nitrogens with zero attached hydrogens (tertiary/aromatic N) is 1. The number of aromatic nitrogens is 1. The Bertz CT molecular complexity index is 222. The molecule has 0 saturated heterocycles. The van der Waals surface area contributed by atoms with Crippen LogP contribution >= 0.6 is 11.6 Å². The predicted molar refractivity (Wildman–Crippen MR) is 39.0 cm³/mol.